The van der Waals surface area contributed by atoms with Crippen molar-refractivity contribution in [3.05, 3.63) is 34.6 Å². The lowest BCUT2D eigenvalue weighted by molar-refractivity contribution is 0.149. The highest BCUT2D eigenvalue weighted by molar-refractivity contribution is 6.30. The highest BCUT2D eigenvalue weighted by Crippen LogP contribution is 2.18. The van der Waals surface area contributed by atoms with Crippen molar-refractivity contribution >= 4 is 11.6 Å². The molecule has 0 unspecified atom stereocenters. The van der Waals surface area contributed by atoms with Crippen molar-refractivity contribution in [3.63, 3.8) is 0 Å². The number of aliphatic hydroxyl groups is 1. The lowest BCUT2D eigenvalue weighted by atomic mass is 9.93. The first-order valence-electron chi connectivity index (χ1n) is 5.86. The maximum atomic E-state index is 13.5. The van der Waals surface area contributed by atoms with Crippen LogP contribution in [-0.4, -0.2) is 17.3 Å². The van der Waals surface area contributed by atoms with E-state index < -0.39 is 0 Å². The molecule has 4 heteroatoms. The summed E-state index contributed by atoms with van der Waals surface area (Å²) in [6, 6.07) is 4.49. The molecule has 1 aromatic carbocycles. The molecule has 17 heavy (non-hydrogen) atoms. The molecule has 0 fully saturated rings. The van der Waals surface area contributed by atoms with E-state index in [-0.39, 0.29) is 18.0 Å². The van der Waals surface area contributed by atoms with Crippen LogP contribution in [0.1, 0.15) is 32.3 Å². The summed E-state index contributed by atoms with van der Waals surface area (Å²) in [6.45, 7) is 4.42. The van der Waals surface area contributed by atoms with Gasteiger partial charge in [0.1, 0.15) is 5.82 Å². The molecule has 2 nitrogen and oxygen atoms in total. The normalized spacial score (nSPS) is 11.8. The topological polar surface area (TPSA) is 32.3 Å². The summed E-state index contributed by atoms with van der Waals surface area (Å²) in [5, 5.41) is 13.1. The van der Waals surface area contributed by atoms with Gasteiger partial charge in [-0.3, -0.25) is 0 Å². The quantitative estimate of drug-likeness (QED) is 0.823. The molecule has 0 saturated carbocycles. The van der Waals surface area contributed by atoms with Gasteiger partial charge in [-0.2, -0.15) is 0 Å². The zero-order valence-corrected chi connectivity index (χ0v) is 11.0. The van der Waals surface area contributed by atoms with Crippen LogP contribution in [0.2, 0.25) is 5.02 Å². The summed E-state index contributed by atoms with van der Waals surface area (Å²) in [5.74, 6) is -0.277. The van der Waals surface area contributed by atoms with E-state index in [1.807, 2.05) is 13.8 Å². The van der Waals surface area contributed by atoms with Crippen LogP contribution in [0.15, 0.2) is 18.2 Å². The fourth-order valence-electron chi connectivity index (χ4n) is 1.74. The Morgan fingerprint density at radius 3 is 2.53 bits per heavy atom. The number of hydrogen-bond donors (Lipinski definition) is 2. The van der Waals surface area contributed by atoms with Crippen molar-refractivity contribution in [2.75, 3.05) is 6.61 Å². The third-order valence-electron chi connectivity index (χ3n) is 3.32. The van der Waals surface area contributed by atoms with Gasteiger partial charge < -0.3 is 10.4 Å². The fourth-order valence-corrected chi connectivity index (χ4v) is 1.94. The van der Waals surface area contributed by atoms with Gasteiger partial charge in [-0.15, -0.1) is 0 Å². The third-order valence-corrected chi connectivity index (χ3v) is 3.55. The van der Waals surface area contributed by atoms with Gasteiger partial charge in [0.05, 0.1) is 6.61 Å². The second-order valence-corrected chi connectivity index (χ2v) is 4.67. The number of benzene rings is 1. The average Bonchev–Trinajstić information content (AvgIpc) is 2.35. The maximum Gasteiger partial charge on any atom is 0.127 e. The first kappa shape index (κ1) is 14.4. The molecule has 0 saturated heterocycles. The summed E-state index contributed by atoms with van der Waals surface area (Å²) in [5.41, 5.74) is 0.187. The molecule has 0 radical (unpaired) electrons. The van der Waals surface area contributed by atoms with Crippen LogP contribution in [0.3, 0.4) is 0 Å². The van der Waals surface area contributed by atoms with Gasteiger partial charge in [0.25, 0.3) is 0 Å². The van der Waals surface area contributed by atoms with Gasteiger partial charge in [-0.05, 0) is 31.0 Å². The van der Waals surface area contributed by atoms with E-state index in [4.69, 9.17) is 11.6 Å². The van der Waals surface area contributed by atoms with Gasteiger partial charge in [-0.1, -0.05) is 25.4 Å². The van der Waals surface area contributed by atoms with E-state index in [1.54, 1.807) is 6.07 Å². The van der Waals surface area contributed by atoms with E-state index in [2.05, 4.69) is 5.32 Å². The van der Waals surface area contributed by atoms with Crippen LogP contribution in [0.25, 0.3) is 0 Å². The van der Waals surface area contributed by atoms with Crippen molar-refractivity contribution < 1.29 is 9.50 Å². The van der Waals surface area contributed by atoms with E-state index in [1.165, 1.54) is 12.1 Å². The monoisotopic (exact) mass is 259 g/mol. The zero-order chi connectivity index (χ0) is 12.9. The highest BCUT2D eigenvalue weighted by atomic mass is 35.5. The number of nitrogens with one attached hydrogen (secondary N) is 1. The van der Waals surface area contributed by atoms with Gasteiger partial charge in [0.2, 0.25) is 0 Å². The molecular formula is C13H19ClFNO. The molecular weight excluding hydrogens is 241 g/mol. The van der Waals surface area contributed by atoms with Crippen LogP contribution in [0.4, 0.5) is 4.39 Å². The Morgan fingerprint density at radius 2 is 2.00 bits per heavy atom. The minimum absolute atomic E-state index is 0.0438. The summed E-state index contributed by atoms with van der Waals surface area (Å²) in [4.78, 5) is 0. The summed E-state index contributed by atoms with van der Waals surface area (Å²) >= 11 is 5.82. The molecule has 0 spiro atoms. The van der Waals surface area contributed by atoms with E-state index in [0.717, 1.165) is 12.8 Å². The Morgan fingerprint density at radius 1 is 1.35 bits per heavy atom. The number of rotatable bonds is 6. The standard InChI is InChI=1S/C13H19ClFNO/c1-3-13(4-2,9-17)16-8-10-7-11(14)5-6-12(10)15/h5-7,16-17H,3-4,8-9H2,1-2H3. The largest absolute Gasteiger partial charge is 0.394 e. The van der Waals surface area contributed by atoms with Crippen molar-refractivity contribution in [2.24, 2.45) is 0 Å². The molecule has 0 heterocycles. The Hall–Kier alpha value is -0.640. The Bertz CT molecular complexity index is 358. The summed E-state index contributed by atoms with van der Waals surface area (Å²) in [7, 11) is 0. The minimum Gasteiger partial charge on any atom is -0.394 e. The van der Waals surface area contributed by atoms with Gasteiger partial charge in [0, 0.05) is 22.7 Å². The van der Waals surface area contributed by atoms with Crippen molar-refractivity contribution in [2.45, 2.75) is 38.8 Å². The Balaban J connectivity index is 2.75. The maximum absolute atomic E-state index is 13.5. The highest BCUT2D eigenvalue weighted by Gasteiger charge is 2.24. The van der Waals surface area contributed by atoms with Crippen molar-refractivity contribution in [1.82, 2.24) is 5.32 Å². The minimum atomic E-state index is -0.339. The second-order valence-electron chi connectivity index (χ2n) is 4.23. The second kappa shape index (κ2) is 6.34. The van der Waals surface area contributed by atoms with Crippen LogP contribution in [0.5, 0.6) is 0 Å². The van der Waals surface area contributed by atoms with E-state index in [9.17, 15) is 9.50 Å². The molecule has 0 aliphatic rings. The van der Waals surface area contributed by atoms with Crippen LogP contribution in [0, 0.1) is 5.82 Å². The first-order valence-corrected chi connectivity index (χ1v) is 6.24. The molecule has 0 aliphatic heterocycles. The van der Waals surface area contributed by atoms with E-state index in [0.29, 0.717) is 17.1 Å². The molecule has 0 amide bonds. The van der Waals surface area contributed by atoms with Crippen LogP contribution >= 0.6 is 11.6 Å². The molecule has 96 valence electrons. The third kappa shape index (κ3) is 3.66. The van der Waals surface area contributed by atoms with Gasteiger partial charge in [0.15, 0.2) is 0 Å². The number of aliphatic hydroxyl groups excluding tert-OH is 1. The number of halogens is 2. The summed E-state index contributed by atoms with van der Waals surface area (Å²) < 4.78 is 13.5. The first-order chi connectivity index (χ1) is 8.06. The lowest BCUT2D eigenvalue weighted by Gasteiger charge is -2.31. The number of hydrogen-bond acceptors (Lipinski definition) is 2. The lowest BCUT2D eigenvalue weighted by Crippen LogP contribution is -2.47. The van der Waals surface area contributed by atoms with Gasteiger partial charge >= 0.3 is 0 Å². The van der Waals surface area contributed by atoms with Crippen molar-refractivity contribution in [3.8, 4) is 0 Å². The molecule has 0 bridgehead atoms. The Labute approximate surface area is 107 Å². The molecule has 1 rings (SSSR count). The predicted molar refractivity (Wildman–Crippen MR) is 68.6 cm³/mol. The molecule has 0 aromatic heterocycles. The fraction of sp³-hybridized carbons (Fsp3) is 0.538. The molecule has 0 atom stereocenters. The molecule has 2 N–H and O–H groups in total. The molecule has 0 aliphatic carbocycles. The van der Waals surface area contributed by atoms with Crippen LogP contribution < -0.4 is 5.32 Å². The molecule has 1 aromatic rings. The SMILES string of the molecule is CCC(CC)(CO)NCc1cc(Cl)ccc1F. The van der Waals surface area contributed by atoms with Crippen molar-refractivity contribution in [1.29, 1.82) is 0 Å². The zero-order valence-electron chi connectivity index (χ0n) is 10.3. The smallest absolute Gasteiger partial charge is 0.127 e. The van der Waals surface area contributed by atoms with E-state index >= 15 is 0 Å². The van der Waals surface area contributed by atoms with Crippen LogP contribution in [-0.2, 0) is 6.54 Å². The summed E-state index contributed by atoms with van der Waals surface area (Å²) in [6.07, 6.45) is 1.59. The van der Waals surface area contributed by atoms with Gasteiger partial charge in [-0.25, -0.2) is 4.39 Å². The average molecular weight is 260 g/mol. The Kier molecular flexibility index (Phi) is 5.37. The predicted octanol–water partition coefficient (Wildman–Crippen LogP) is 3.12.